The van der Waals surface area contributed by atoms with Crippen LogP contribution in [0.3, 0.4) is 0 Å². The standard InChI is InChI=1S/C8H15N2/c1-3-4-5-10-7-6-9(2)8-10/h6-8H,3-5H2,1-2H3/q+1/i4D2. The van der Waals surface area contributed by atoms with Crippen LogP contribution in [0.25, 0.3) is 0 Å². The Hall–Kier alpha value is -0.790. The molecule has 0 saturated carbocycles. The molecule has 1 aromatic heterocycles. The first-order valence-corrected chi connectivity index (χ1v) is 3.54. The predicted octanol–water partition coefficient (Wildman–Crippen LogP) is 1.11. The maximum absolute atomic E-state index is 7.56. The third-order valence-electron chi connectivity index (χ3n) is 1.37. The van der Waals surface area contributed by atoms with Gasteiger partial charge >= 0.3 is 0 Å². The molecule has 0 atom stereocenters. The van der Waals surface area contributed by atoms with Crippen LogP contribution < -0.4 is 4.57 Å². The van der Waals surface area contributed by atoms with E-state index in [0.717, 1.165) is 0 Å². The molecule has 2 nitrogen and oxygen atoms in total. The van der Waals surface area contributed by atoms with E-state index < -0.39 is 6.37 Å². The monoisotopic (exact) mass is 141 g/mol. The topological polar surface area (TPSA) is 8.81 Å². The Morgan fingerprint density at radius 3 is 3.00 bits per heavy atom. The summed E-state index contributed by atoms with van der Waals surface area (Å²) in [5, 5.41) is 0. The zero-order chi connectivity index (χ0) is 9.19. The Kier molecular flexibility index (Phi) is 1.68. The van der Waals surface area contributed by atoms with Crippen molar-refractivity contribution < 1.29 is 7.31 Å². The minimum atomic E-state index is -1.09. The Labute approximate surface area is 64.9 Å². The maximum Gasteiger partial charge on any atom is 0.243 e. The third kappa shape index (κ3) is 1.87. The summed E-state index contributed by atoms with van der Waals surface area (Å²) < 4.78 is 18.9. The van der Waals surface area contributed by atoms with Crippen LogP contribution >= 0.6 is 0 Å². The van der Waals surface area contributed by atoms with Gasteiger partial charge in [0.2, 0.25) is 6.33 Å². The molecule has 1 aromatic rings. The van der Waals surface area contributed by atoms with E-state index >= 15 is 0 Å². The average molecular weight is 141 g/mol. The summed E-state index contributed by atoms with van der Waals surface area (Å²) in [5.74, 6) is 0. The van der Waals surface area contributed by atoms with Crippen LogP contribution in [0.2, 0.25) is 0 Å². The first-order chi connectivity index (χ1) is 5.53. The van der Waals surface area contributed by atoms with Gasteiger partial charge in [0.15, 0.2) is 0 Å². The largest absolute Gasteiger partial charge is 0.243 e. The number of imidazole rings is 1. The number of hydrogen-bond acceptors (Lipinski definition) is 0. The molecule has 1 heterocycles. The van der Waals surface area contributed by atoms with E-state index in [2.05, 4.69) is 0 Å². The molecule has 0 aliphatic heterocycles. The summed E-state index contributed by atoms with van der Waals surface area (Å²) >= 11 is 0. The van der Waals surface area contributed by atoms with E-state index in [1.807, 2.05) is 41.8 Å². The lowest BCUT2D eigenvalue weighted by Gasteiger charge is -1.90. The molecule has 0 bridgehead atoms. The second kappa shape index (κ2) is 3.40. The average Bonchev–Trinajstić information content (AvgIpc) is 2.35. The molecule has 0 amide bonds. The van der Waals surface area contributed by atoms with Gasteiger partial charge in [0, 0.05) is 2.74 Å². The molecule has 10 heavy (non-hydrogen) atoms. The van der Waals surface area contributed by atoms with Crippen molar-refractivity contribution in [3.63, 3.8) is 0 Å². The molecule has 2 heteroatoms. The van der Waals surface area contributed by atoms with Crippen LogP contribution in [-0.2, 0) is 13.6 Å². The Balaban J connectivity index is 2.63. The van der Waals surface area contributed by atoms with Crippen LogP contribution in [0.4, 0.5) is 0 Å². The fraction of sp³-hybridized carbons (Fsp3) is 0.625. The number of aryl methyl sites for hydroxylation is 2. The molecule has 0 aromatic carbocycles. The number of rotatable bonds is 3. The molecule has 0 aliphatic carbocycles. The normalized spacial score (nSPS) is 14.6. The van der Waals surface area contributed by atoms with Gasteiger partial charge in [0.05, 0.1) is 13.6 Å². The zero-order valence-electron chi connectivity index (χ0n) is 8.54. The van der Waals surface area contributed by atoms with Crippen molar-refractivity contribution in [2.45, 2.75) is 26.3 Å². The lowest BCUT2D eigenvalue weighted by Crippen LogP contribution is -2.23. The SMILES string of the molecule is [2H]C([2H])(CC)Cn1cc[n+](C)c1. The van der Waals surface area contributed by atoms with Crippen molar-refractivity contribution in [2.75, 3.05) is 0 Å². The van der Waals surface area contributed by atoms with E-state index in [0.29, 0.717) is 13.0 Å². The lowest BCUT2D eigenvalue weighted by atomic mass is 10.3. The highest BCUT2D eigenvalue weighted by molar-refractivity contribution is 4.65. The van der Waals surface area contributed by atoms with Crippen molar-refractivity contribution >= 4 is 0 Å². The maximum atomic E-state index is 7.56. The summed E-state index contributed by atoms with van der Waals surface area (Å²) in [6.07, 6.45) is 5.13. The van der Waals surface area contributed by atoms with E-state index in [4.69, 9.17) is 2.74 Å². The van der Waals surface area contributed by atoms with Gasteiger partial charge in [-0.15, -0.1) is 0 Å². The smallest absolute Gasteiger partial charge is 0.240 e. The number of hydrogen-bond donors (Lipinski definition) is 0. The third-order valence-corrected chi connectivity index (χ3v) is 1.37. The molecule has 1 rings (SSSR count). The highest BCUT2D eigenvalue weighted by Gasteiger charge is 1.96. The van der Waals surface area contributed by atoms with E-state index in [1.165, 1.54) is 0 Å². The molecular weight excluding hydrogens is 124 g/mol. The number of nitrogens with zero attached hydrogens (tertiary/aromatic N) is 2. The second-order valence-corrected chi connectivity index (χ2v) is 2.35. The van der Waals surface area contributed by atoms with Gasteiger partial charge in [0.25, 0.3) is 0 Å². The van der Waals surface area contributed by atoms with Crippen LogP contribution in [0.1, 0.15) is 22.5 Å². The van der Waals surface area contributed by atoms with Gasteiger partial charge in [-0.1, -0.05) is 13.3 Å². The Morgan fingerprint density at radius 2 is 2.50 bits per heavy atom. The highest BCUT2D eigenvalue weighted by Crippen LogP contribution is 1.91. The predicted molar refractivity (Wildman–Crippen MR) is 40.5 cm³/mol. The van der Waals surface area contributed by atoms with Crippen LogP contribution in [0.5, 0.6) is 0 Å². The molecular formula is C8H15N2+. The Bertz CT molecular complexity index is 255. The molecule has 56 valence electrons. The minimum Gasteiger partial charge on any atom is -0.240 e. The van der Waals surface area contributed by atoms with Gasteiger partial charge in [-0.3, -0.25) is 0 Å². The van der Waals surface area contributed by atoms with Gasteiger partial charge in [0.1, 0.15) is 12.4 Å². The molecule has 0 fully saturated rings. The van der Waals surface area contributed by atoms with Crippen LogP contribution in [0, 0.1) is 0 Å². The fourth-order valence-corrected chi connectivity index (χ4v) is 0.836. The fourth-order valence-electron chi connectivity index (χ4n) is 0.836. The van der Waals surface area contributed by atoms with E-state index in [1.54, 1.807) is 0 Å². The molecule has 0 spiro atoms. The second-order valence-electron chi connectivity index (χ2n) is 2.35. The first-order valence-electron chi connectivity index (χ1n) is 4.54. The van der Waals surface area contributed by atoms with Crippen LogP contribution in [-0.4, -0.2) is 4.57 Å². The van der Waals surface area contributed by atoms with E-state index in [-0.39, 0.29) is 0 Å². The Morgan fingerprint density at radius 1 is 1.70 bits per heavy atom. The summed E-state index contributed by atoms with van der Waals surface area (Å²) in [6.45, 7) is 2.30. The highest BCUT2D eigenvalue weighted by atomic mass is 15.1. The van der Waals surface area contributed by atoms with Crippen molar-refractivity contribution in [1.82, 2.24) is 4.57 Å². The van der Waals surface area contributed by atoms with Gasteiger partial charge < -0.3 is 0 Å². The van der Waals surface area contributed by atoms with Crippen molar-refractivity contribution in [1.29, 1.82) is 0 Å². The van der Waals surface area contributed by atoms with Crippen molar-refractivity contribution in [3.8, 4) is 0 Å². The summed E-state index contributed by atoms with van der Waals surface area (Å²) in [7, 11) is 1.93. The summed E-state index contributed by atoms with van der Waals surface area (Å²) in [5.41, 5.74) is 0. The summed E-state index contributed by atoms with van der Waals surface area (Å²) in [4.78, 5) is 0. The molecule has 0 radical (unpaired) electrons. The van der Waals surface area contributed by atoms with E-state index in [9.17, 15) is 0 Å². The molecule has 0 saturated heterocycles. The van der Waals surface area contributed by atoms with Crippen LogP contribution in [0.15, 0.2) is 18.7 Å². The molecule has 0 unspecified atom stereocenters. The number of aromatic nitrogens is 2. The molecule has 0 aliphatic rings. The van der Waals surface area contributed by atoms with Gasteiger partial charge in [-0.2, -0.15) is 0 Å². The minimum absolute atomic E-state index is 0.435. The molecule has 0 N–H and O–H groups in total. The lowest BCUT2D eigenvalue weighted by molar-refractivity contribution is -0.671. The summed E-state index contributed by atoms with van der Waals surface area (Å²) in [6, 6.07) is 0. The zero-order valence-corrected chi connectivity index (χ0v) is 6.54. The quantitative estimate of drug-likeness (QED) is 0.558. The van der Waals surface area contributed by atoms with Gasteiger partial charge in [-0.25, -0.2) is 9.13 Å². The van der Waals surface area contributed by atoms with Crippen molar-refractivity contribution in [2.24, 2.45) is 7.05 Å². The van der Waals surface area contributed by atoms with Gasteiger partial charge in [-0.05, 0) is 6.37 Å². The first kappa shape index (κ1) is 4.94. The van der Waals surface area contributed by atoms with Crippen molar-refractivity contribution in [3.05, 3.63) is 18.7 Å².